The van der Waals surface area contributed by atoms with Gasteiger partial charge in [-0.2, -0.15) is 0 Å². The first-order valence-electron chi connectivity index (χ1n) is 6.21. The van der Waals surface area contributed by atoms with Crippen LogP contribution < -0.4 is 11.1 Å². The lowest BCUT2D eigenvalue weighted by Gasteiger charge is -2.31. The summed E-state index contributed by atoms with van der Waals surface area (Å²) in [5.74, 6) is -0.888. The van der Waals surface area contributed by atoms with Crippen molar-refractivity contribution in [3.05, 3.63) is 23.6 Å². The number of nitrogens with one attached hydrogen (secondary N) is 1. The minimum atomic E-state index is -0.565. The standard InChI is InChI=1S/C13H20FN3O/c1-4-13(5-2,6-3)17-12(18)10-7-9(14)8-16-11(10)15/h7-8H,4-6H2,1-3H3,(H2,15,16)(H,17,18). The summed E-state index contributed by atoms with van der Waals surface area (Å²) in [6.07, 6.45) is 3.44. The first-order chi connectivity index (χ1) is 8.48. The van der Waals surface area contributed by atoms with Gasteiger partial charge in [-0.3, -0.25) is 4.79 Å². The van der Waals surface area contributed by atoms with E-state index in [9.17, 15) is 9.18 Å². The molecule has 0 spiro atoms. The first-order valence-corrected chi connectivity index (χ1v) is 6.21. The normalized spacial score (nSPS) is 11.3. The summed E-state index contributed by atoms with van der Waals surface area (Å²) in [6, 6.07) is 1.11. The van der Waals surface area contributed by atoms with Crippen molar-refractivity contribution in [3.8, 4) is 0 Å². The molecule has 1 rings (SSSR count). The lowest BCUT2D eigenvalue weighted by molar-refractivity contribution is 0.0888. The number of rotatable bonds is 5. The minimum Gasteiger partial charge on any atom is -0.383 e. The van der Waals surface area contributed by atoms with Crippen LogP contribution in [0.1, 0.15) is 50.4 Å². The van der Waals surface area contributed by atoms with E-state index in [0.29, 0.717) is 0 Å². The highest BCUT2D eigenvalue weighted by Gasteiger charge is 2.27. The summed E-state index contributed by atoms with van der Waals surface area (Å²) >= 11 is 0. The second-order valence-corrected chi connectivity index (χ2v) is 4.38. The van der Waals surface area contributed by atoms with Crippen LogP contribution in [0.3, 0.4) is 0 Å². The van der Waals surface area contributed by atoms with Crippen LogP contribution in [0.5, 0.6) is 0 Å². The smallest absolute Gasteiger partial charge is 0.255 e. The predicted molar refractivity (Wildman–Crippen MR) is 69.7 cm³/mol. The molecular formula is C13H20FN3O. The van der Waals surface area contributed by atoms with Crippen LogP contribution in [0.2, 0.25) is 0 Å². The molecule has 0 aliphatic carbocycles. The third kappa shape index (κ3) is 2.97. The first kappa shape index (κ1) is 14.4. The molecule has 0 unspecified atom stereocenters. The molecule has 0 atom stereocenters. The maximum absolute atomic E-state index is 13.1. The number of nitrogens with two attached hydrogens (primary N) is 1. The molecule has 0 saturated heterocycles. The topological polar surface area (TPSA) is 68.0 Å². The molecule has 3 N–H and O–H groups in total. The fourth-order valence-electron chi connectivity index (χ4n) is 1.96. The van der Waals surface area contributed by atoms with Crippen molar-refractivity contribution < 1.29 is 9.18 Å². The number of aromatic nitrogens is 1. The zero-order valence-corrected chi connectivity index (χ0v) is 11.1. The Hall–Kier alpha value is -1.65. The number of nitrogens with zero attached hydrogens (tertiary/aromatic N) is 1. The molecule has 4 nitrogen and oxygen atoms in total. The summed E-state index contributed by atoms with van der Waals surface area (Å²) in [4.78, 5) is 15.8. The predicted octanol–water partition coefficient (Wildman–Crippen LogP) is 2.50. The SMILES string of the molecule is CCC(CC)(CC)NC(=O)c1cc(F)cnc1N. The van der Waals surface area contributed by atoms with Crippen molar-refractivity contribution in [2.75, 3.05) is 5.73 Å². The van der Waals surface area contributed by atoms with E-state index in [2.05, 4.69) is 10.3 Å². The number of halogens is 1. The number of carbonyl (C=O) groups is 1. The van der Waals surface area contributed by atoms with Gasteiger partial charge < -0.3 is 11.1 Å². The molecule has 18 heavy (non-hydrogen) atoms. The van der Waals surface area contributed by atoms with Crippen molar-refractivity contribution in [2.24, 2.45) is 0 Å². The van der Waals surface area contributed by atoms with Crippen molar-refractivity contribution in [1.29, 1.82) is 0 Å². The molecule has 0 aliphatic heterocycles. The Morgan fingerprint density at radius 1 is 1.39 bits per heavy atom. The minimum absolute atomic E-state index is 0.0473. The van der Waals surface area contributed by atoms with Gasteiger partial charge >= 0.3 is 0 Å². The van der Waals surface area contributed by atoms with Crippen LogP contribution in [-0.4, -0.2) is 16.4 Å². The largest absolute Gasteiger partial charge is 0.383 e. The van der Waals surface area contributed by atoms with E-state index in [0.717, 1.165) is 31.5 Å². The maximum atomic E-state index is 13.1. The van der Waals surface area contributed by atoms with Gasteiger partial charge in [0.15, 0.2) is 0 Å². The van der Waals surface area contributed by atoms with Crippen LogP contribution in [-0.2, 0) is 0 Å². The van der Waals surface area contributed by atoms with Gasteiger partial charge in [0.25, 0.3) is 5.91 Å². The molecule has 0 radical (unpaired) electrons. The van der Waals surface area contributed by atoms with Gasteiger partial charge in [-0.25, -0.2) is 9.37 Å². The average Bonchev–Trinajstić information content (AvgIpc) is 2.38. The summed E-state index contributed by atoms with van der Waals surface area (Å²) in [5.41, 5.74) is 5.42. The van der Waals surface area contributed by atoms with Crippen LogP contribution >= 0.6 is 0 Å². The molecule has 1 aromatic heterocycles. The van der Waals surface area contributed by atoms with Crippen molar-refractivity contribution >= 4 is 11.7 Å². The lowest BCUT2D eigenvalue weighted by atomic mass is 9.89. The van der Waals surface area contributed by atoms with E-state index in [1.165, 1.54) is 0 Å². The maximum Gasteiger partial charge on any atom is 0.255 e. The van der Waals surface area contributed by atoms with Crippen molar-refractivity contribution in [3.63, 3.8) is 0 Å². The Morgan fingerprint density at radius 2 is 1.94 bits per heavy atom. The molecule has 0 bridgehead atoms. The molecule has 1 amide bonds. The molecule has 1 aromatic rings. The molecule has 1 heterocycles. The lowest BCUT2D eigenvalue weighted by Crippen LogP contribution is -2.47. The van der Waals surface area contributed by atoms with Gasteiger partial charge in [0.05, 0.1) is 11.8 Å². The second-order valence-electron chi connectivity index (χ2n) is 4.38. The molecule has 0 fully saturated rings. The van der Waals surface area contributed by atoms with Crippen molar-refractivity contribution in [2.45, 2.75) is 45.6 Å². The average molecular weight is 253 g/mol. The molecule has 0 aliphatic rings. The van der Waals surface area contributed by atoms with E-state index in [1.54, 1.807) is 0 Å². The van der Waals surface area contributed by atoms with E-state index in [4.69, 9.17) is 5.73 Å². The van der Waals surface area contributed by atoms with Crippen LogP contribution in [0.15, 0.2) is 12.3 Å². The van der Waals surface area contributed by atoms with Gasteiger partial charge in [-0.05, 0) is 25.3 Å². The molecule has 0 aromatic carbocycles. The van der Waals surface area contributed by atoms with E-state index in [-0.39, 0.29) is 22.8 Å². The van der Waals surface area contributed by atoms with Gasteiger partial charge in [0, 0.05) is 5.54 Å². The highest BCUT2D eigenvalue weighted by atomic mass is 19.1. The number of pyridine rings is 1. The fraction of sp³-hybridized carbons (Fsp3) is 0.538. The number of carbonyl (C=O) groups excluding carboxylic acids is 1. The van der Waals surface area contributed by atoms with Crippen LogP contribution in [0.4, 0.5) is 10.2 Å². The van der Waals surface area contributed by atoms with E-state index >= 15 is 0 Å². The van der Waals surface area contributed by atoms with Crippen molar-refractivity contribution in [1.82, 2.24) is 10.3 Å². The van der Waals surface area contributed by atoms with Gasteiger partial charge in [-0.1, -0.05) is 20.8 Å². The zero-order valence-electron chi connectivity index (χ0n) is 11.1. The third-order valence-corrected chi connectivity index (χ3v) is 3.54. The number of hydrogen-bond donors (Lipinski definition) is 2. The summed E-state index contributed by atoms with van der Waals surface area (Å²) < 4.78 is 13.1. The highest BCUT2D eigenvalue weighted by molar-refractivity contribution is 5.98. The Kier molecular flexibility index (Phi) is 4.64. The van der Waals surface area contributed by atoms with Gasteiger partial charge in [0.1, 0.15) is 11.6 Å². The number of amides is 1. The highest BCUT2D eigenvalue weighted by Crippen LogP contribution is 2.21. The quantitative estimate of drug-likeness (QED) is 0.847. The Labute approximate surface area is 107 Å². The van der Waals surface area contributed by atoms with E-state index < -0.39 is 5.82 Å². The summed E-state index contributed by atoms with van der Waals surface area (Å²) in [5, 5.41) is 2.94. The fourth-order valence-corrected chi connectivity index (χ4v) is 1.96. The van der Waals surface area contributed by atoms with E-state index in [1.807, 2.05) is 20.8 Å². The van der Waals surface area contributed by atoms with Gasteiger partial charge in [0.2, 0.25) is 0 Å². The monoisotopic (exact) mass is 253 g/mol. The summed E-state index contributed by atoms with van der Waals surface area (Å²) in [6.45, 7) is 6.04. The number of anilines is 1. The zero-order chi connectivity index (χ0) is 13.8. The second kappa shape index (κ2) is 5.80. The summed E-state index contributed by atoms with van der Waals surface area (Å²) in [7, 11) is 0. The third-order valence-electron chi connectivity index (χ3n) is 3.54. The Bertz CT molecular complexity index is 422. The van der Waals surface area contributed by atoms with Gasteiger partial charge in [-0.15, -0.1) is 0 Å². The molecular weight excluding hydrogens is 233 g/mol. The van der Waals surface area contributed by atoms with Crippen LogP contribution in [0.25, 0.3) is 0 Å². The van der Waals surface area contributed by atoms with Crippen LogP contribution in [0, 0.1) is 5.82 Å². The number of nitrogen functional groups attached to an aromatic ring is 1. The molecule has 0 saturated carbocycles. The Morgan fingerprint density at radius 3 is 2.44 bits per heavy atom. The molecule has 100 valence electrons. The molecule has 5 heteroatoms. The Balaban J connectivity index is 2.97. The number of hydrogen-bond acceptors (Lipinski definition) is 3.